The van der Waals surface area contributed by atoms with Crippen molar-refractivity contribution < 1.29 is 9.84 Å². The highest BCUT2D eigenvalue weighted by Crippen LogP contribution is 2.23. The van der Waals surface area contributed by atoms with E-state index in [0.29, 0.717) is 36.1 Å². The summed E-state index contributed by atoms with van der Waals surface area (Å²) in [6.07, 6.45) is 0.416. The van der Waals surface area contributed by atoms with Crippen LogP contribution in [0, 0.1) is 0 Å². The smallest absolute Gasteiger partial charge is 0.235 e. The van der Waals surface area contributed by atoms with Gasteiger partial charge in [-0.2, -0.15) is 0 Å². The molecule has 7 heteroatoms. The Labute approximate surface area is 85.8 Å². The van der Waals surface area contributed by atoms with Crippen LogP contribution in [0.15, 0.2) is 0 Å². The van der Waals surface area contributed by atoms with Crippen molar-refractivity contribution in [3.05, 3.63) is 5.82 Å². The van der Waals surface area contributed by atoms with Gasteiger partial charge < -0.3 is 15.6 Å². The number of fused-ring (bicyclic) bond motifs is 1. The minimum Gasteiger partial charge on any atom is -0.477 e. The van der Waals surface area contributed by atoms with E-state index in [-0.39, 0.29) is 6.61 Å². The van der Waals surface area contributed by atoms with Crippen LogP contribution in [0.4, 0.5) is 5.69 Å². The topological polar surface area (TPSA) is 101 Å². The lowest BCUT2D eigenvalue weighted by molar-refractivity contribution is 0.296. The summed E-state index contributed by atoms with van der Waals surface area (Å²) < 4.78 is 6.70. The molecule has 4 N–H and O–H groups in total. The average Bonchev–Trinajstić information content (AvgIpc) is 2.70. The number of aliphatic hydroxyl groups excluding tert-OH is 1. The zero-order valence-corrected chi connectivity index (χ0v) is 8.40. The van der Waals surface area contributed by atoms with Crippen molar-refractivity contribution in [2.45, 2.75) is 13.3 Å². The molecule has 0 saturated heterocycles. The van der Waals surface area contributed by atoms with Crippen LogP contribution in [-0.2, 0) is 6.42 Å². The largest absolute Gasteiger partial charge is 0.477 e. The molecule has 0 fully saturated rings. The maximum atomic E-state index is 8.74. The summed E-state index contributed by atoms with van der Waals surface area (Å²) in [5, 5.41) is 15.7. The Morgan fingerprint density at radius 3 is 3.00 bits per heavy atom. The number of hydrogen-bond donors (Lipinski definition) is 3. The number of aromatic amines is 1. The first kappa shape index (κ1) is 9.78. The summed E-state index contributed by atoms with van der Waals surface area (Å²) in [6, 6.07) is 0. The number of H-pyrrole nitrogens is 1. The van der Waals surface area contributed by atoms with Crippen LogP contribution < -0.4 is 10.5 Å². The maximum Gasteiger partial charge on any atom is 0.235 e. The second-order valence-corrected chi connectivity index (χ2v) is 3.02. The molecule has 2 heterocycles. The molecule has 82 valence electrons. The predicted molar refractivity (Wildman–Crippen MR) is 53.7 cm³/mol. The van der Waals surface area contributed by atoms with Crippen LogP contribution in [0.2, 0.25) is 0 Å². The number of nitrogens with one attached hydrogen (secondary N) is 1. The number of aromatic nitrogens is 4. The zero-order chi connectivity index (χ0) is 10.8. The van der Waals surface area contributed by atoms with Crippen LogP contribution in [0.5, 0.6) is 5.88 Å². The van der Waals surface area contributed by atoms with Crippen LogP contribution in [0.25, 0.3) is 5.65 Å². The van der Waals surface area contributed by atoms with Gasteiger partial charge in [0, 0.05) is 6.42 Å². The minimum absolute atomic E-state index is 0.0192. The fraction of sp³-hybridized carbons (Fsp3) is 0.500. The zero-order valence-electron chi connectivity index (χ0n) is 8.40. The van der Waals surface area contributed by atoms with Gasteiger partial charge in [0.25, 0.3) is 0 Å². The van der Waals surface area contributed by atoms with Gasteiger partial charge in [0.05, 0.1) is 13.2 Å². The molecular weight excluding hydrogens is 198 g/mol. The van der Waals surface area contributed by atoms with Crippen molar-refractivity contribution in [2.24, 2.45) is 0 Å². The molecule has 2 rings (SSSR count). The quantitative estimate of drug-likeness (QED) is 0.637. The molecule has 0 spiro atoms. The van der Waals surface area contributed by atoms with E-state index in [4.69, 9.17) is 15.6 Å². The van der Waals surface area contributed by atoms with Crippen molar-refractivity contribution in [1.29, 1.82) is 0 Å². The Kier molecular flexibility index (Phi) is 2.46. The Bertz CT molecular complexity index is 461. The Hall–Kier alpha value is -1.76. The van der Waals surface area contributed by atoms with Gasteiger partial charge in [-0.3, -0.25) is 0 Å². The van der Waals surface area contributed by atoms with Crippen LogP contribution in [-0.4, -0.2) is 38.1 Å². The first-order chi connectivity index (χ1) is 7.26. The van der Waals surface area contributed by atoms with E-state index in [2.05, 4.69) is 15.2 Å². The van der Waals surface area contributed by atoms with Crippen molar-refractivity contribution in [3.8, 4) is 5.88 Å². The number of aliphatic hydroxyl groups is 1. The number of rotatable bonds is 4. The highest BCUT2D eigenvalue weighted by atomic mass is 16.5. The van der Waals surface area contributed by atoms with Gasteiger partial charge in [-0.05, 0) is 6.92 Å². The number of hydrogen-bond acceptors (Lipinski definition) is 5. The molecule has 2 aromatic rings. The third kappa shape index (κ3) is 1.61. The minimum atomic E-state index is 0.0192. The van der Waals surface area contributed by atoms with E-state index < -0.39 is 0 Å². The Morgan fingerprint density at radius 2 is 2.40 bits per heavy atom. The van der Waals surface area contributed by atoms with Gasteiger partial charge in [0.15, 0.2) is 5.82 Å². The van der Waals surface area contributed by atoms with Crippen molar-refractivity contribution in [3.63, 3.8) is 0 Å². The van der Waals surface area contributed by atoms with Gasteiger partial charge in [-0.25, -0.2) is 10.1 Å². The molecule has 0 aliphatic rings. The molecule has 7 nitrogen and oxygen atoms in total. The summed E-state index contributed by atoms with van der Waals surface area (Å²) in [4.78, 5) is 4.16. The lowest BCUT2D eigenvalue weighted by Gasteiger charge is -1.98. The normalized spacial score (nSPS) is 11.1. The number of nitrogens with two attached hydrogens (primary N) is 1. The molecule has 15 heavy (non-hydrogen) atoms. The Morgan fingerprint density at radius 1 is 1.60 bits per heavy atom. The first-order valence-electron chi connectivity index (χ1n) is 4.73. The molecule has 0 unspecified atom stereocenters. The van der Waals surface area contributed by atoms with Crippen molar-refractivity contribution >= 4 is 11.3 Å². The van der Waals surface area contributed by atoms with Crippen molar-refractivity contribution in [1.82, 2.24) is 19.8 Å². The third-order valence-corrected chi connectivity index (χ3v) is 1.97. The average molecular weight is 211 g/mol. The van der Waals surface area contributed by atoms with Crippen LogP contribution in [0.1, 0.15) is 12.7 Å². The molecule has 0 saturated carbocycles. The maximum absolute atomic E-state index is 8.74. The molecule has 2 aromatic heterocycles. The van der Waals surface area contributed by atoms with E-state index in [1.54, 1.807) is 0 Å². The van der Waals surface area contributed by atoms with Gasteiger partial charge in [-0.15, -0.1) is 9.73 Å². The van der Waals surface area contributed by atoms with Crippen LogP contribution in [0.3, 0.4) is 0 Å². The monoisotopic (exact) mass is 211 g/mol. The lowest BCUT2D eigenvalue weighted by atomic mass is 10.4. The molecule has 0 atom stereocenters. The van der Waals surface area contributed by atoms with E-state index >= 15 is 0 Å². The highest BCUT2D eigenvalue weighted by Gasteiger charge is 2.13. The standard InChI is InChI=1S/C8H13N5O2/c1-2-15-8-6(9)7-10-5(3-4-14)11-13(7)12-8/h12,14H,2-4,9H2,1H3. The second kappa shape index (κ2) is 3.77. The van der Waals surface area contributed by atoms with Gasteiger partial charge in [0.2, 0.25) is 11.5 Å². The van der Waals surface area contributed by atoms with E-state index in [9.17, 15) is 0 Å². The molecule has 0 amide bonds. The van der Waals surface area contributed by atoms with E-state index in [1.807, 2.05) is 6.92 Å². The fourth-order valence-corrected chi connectivity index (χ4v) is 1.33. The predicted octanol–water partition coefficient (Wildman–Crippen LogP) is -0.427. The molecule has 0 radical (unpaired) electrons. The van der Waals surface area contributed by atoms with E-state index in [1.165, 1.54) is 4.63 Å². The van der Waals surface area contributed by atoms with Gasteiger partial charge in [0.1, 0.15) is 5.69 Å². The summed E-state index contributed by atoms with van der Waals surface area (Å²) in [5.74, 6) is 1.03. The summed E-state index contributed by atoms with van der Waals surface area (Å²) in [7, 11) is 0. The third-order valence-electron chi connectivity index (χ3n) is 1.97. The van der Waals surface area contributed by atoms with Gasteiger partial charge >= 0.3 is 0 Å². The fourth-order valence-electron chi connectivity index (χ4n) is 1.33. The number of ether oxygens (including phenoxy) is 1. The SMILES string of the molecule is CCOc1[nH]n2nc(CCO)nc2c1N. The lowest BCUT2D eigenvalue weighted by Crippen LogP contribution is -1.98. The molecule has 0 aromatic carbocycles. The molecule has 0 aliphatic carbocycles. The van der Waals surface area contributed by atoms with Crippen LogP contribution >= 0.6 is 0 Å². The molecule has 0 bridgehead atoms. The summed E-state index contributed by atoms with van der Waals surface area (Å²) in [6.45, 7) is 2.41. The summed E-state index contributed by atoms with van der Waals surface area (Å²) >= 11 is 0. The number of nitrogens with zero attached hydrogens (tertiary/aromatic N) is 3. The van der Waals surface area contributed by atoms with E-state index in [0.717, 1.165) is 0 Å². The number of nitrogen functional groups attached to an aromatic ring is 1. The molecule has 0 aliphatic heterocycles. The van der Waals surface area contributed by atoms with Gasteiger partial charge in [-0.1, -0.05) is 0 Å². The number of anilines is 1. The summed E-state index contributed by atoms with van der Waals surface area (Å²) in [5.41, 5.74) is 6.76. The second-order valence-electron chi connectivity index (χ2n) is 3.02. The van der Waals surface area contributed by atoms with Crippen molar-refractivity contribution in [2.75, 3.05) is 18.9 Å². The first-order valence-corrected chi connectivity index (χ1v) is 4.73. The highest BCUT2D eigenvalue weighted by molar-refractivity contribution is 5.70. The molecular formula is C8H13N5O2. The Balaban J connectivity index is 2.39.